The Hall–Kier alpha value is -3.28. The summed E-state index contributed by atoms with van der Waals surface area (Å²) < 4.78 is 50.4. The van der Waals surface area contributed by atoms with Gasteiger partial charge in [-0.25, -0.2) is 39.0 Å². The van der Waals surface area contributed by atoms with Gasteiger partial charge in [0.15, 0.2) is 22.9 Å². The zero-order chi connectivity index (χ0) is 33.7. The average Bonchev–Trinajstić information content (AvgIpc) is 3.76. The summed E-state index contributed by atoms with van der Waals surface area (Å²) in [5.74, 6) is 0.466. The molecule has 5 unspecified atom stereocenters. The van der Waals surface area contributed by atoms with Crippen LogP contribution in [-0.2, 0) is 45.3 Å². The van der Waals surface area contributed by atoms with Gasteiger partial charge < -0.3 is 60.1 Å². The minimum Gasteiger partial charge on any atom is -0.388 e. The van der Waals surface area contributed by atoms with Gasteiger partial charge in [0.05, 0.1) is 39.0 Å². The van der Waals surface area contributed by atoms with Crippen LogP contribution in [0.2, 0.25) is 0 Å². The second-order valence-electron chi connectivity index (χ2n) is 10.7. The number of aliphatic hydroxyl groups is 3. The second-order valence-corrected chi connectivity index (χ2v) is 13.3. The standard InChI is InChI=1S/C11H16N5O7P.C11H14N5O6P/c12-10-7-11(14-3-13-10)16(4-15-7)1-5-8(17)9(18)6(23-5)2-22-24(19,20)21;12-10-7-11(14-3-13-10)16(4-15-7)1-5-8(17)9-6(21-5)2-20-23(18,19)22-9/h3-6,8-9,17-18H,1-2H2,(H2,12,13,14)(H2,19,20,21);3-6,8-9,17H,1-2H2,(H,18,19)(H2,12,13,14)/t2*5-,6+,8?,9?/m00/s1. The lowest BCUT2D eigenvalue weighted by Gasteiger charge is -2.28. The first-order valence-corrected chi connectivity index (χ1v) is 16.8. The van der Waals surface area contributed by atoms with E-state index in [0.29, 0.717) is 22.3 Å². The van der Waals surface area contributed by atoms with Crippen LogP contribution in [0, 0.1) is 0 Å². The average molecular weight is 704 g/mol. The highest BCUT2D eigenvalue weighted by atomic mass is 31.2. The van der Waals surface area contributed by atoms with Crippen LogP contribution in [0.1, 0.15) is 0 Å². The van der Waals surface area contributed by atoms with Crippen LogP contribution < -0.4 is 11.5 Å². The molecule has 0 aliphatic carbocycles. The fourth-order valence-electron chi connectivity index (χ4n) is 5.32. The minimum absolute atomic E-state index is 0.0948. The molecule has 3 saturated heterocycles. The van der Waals surface area contributed by atoms with Crippen molar-refractivity contribution in [2.45, 2.75) is 61.9 Å². The summed E-state index contributed by atoms with van der Waals surface area (Å²) in [5.41, 5.74) is 13.2. The fraction of sp³-hybridized carbons (Fsp3) is 0.545. The number of phosphoric ester groups is 2. The van der Waals surface area contributed by atoms with Crippen LogP contribution in [-0.4, -0.2) is 131 Å². The Kier molecular flexibility index (Phi) is 9.28. The SMILES string of the molecule is Nc1ncnc2c1ncn2C[C@@H]1O[C@@H]2COP(=O)(O)OC2C1O.Nc1ncnc2c1ncn2C[C@@H]1O[C@H](COP(=O)(O)O)C(O)C1O. The monoisotopic (exact) mass is 704 g/mol. The van der Waals surface area contributed by atoms with Gasteiger partial charge in [-0.15, -0.1) is 0 Å². The van der Waals surface area contributed by atoms with Gasteiger partial charge in [-0.1, -0.05) is 0 Å². The maximum Gasteiger partial charge on any atom is 0.472 e. The minimum atomic E-state index is -4.70. The van der Waals surface area contributed by atoms with E-state index in [4.69, 9.17) is 39.8 Å². The molecule has 3 fully saturated rings. The topological polar surface area (TPSA) is 341 Å². The number of ether oxygens (including phenoxy) is 2. The molecule has 0 saturated carbocycles. The first-order chi connectivity index (χ1) is 22.2. The van der Waals surface area contributed by atoms with Crippen LogP contribution in [0.4, 0.5) is 11.6 Å². The van der Waals surface area contributed by atoms with Gasteiger partial charge in [0, 0.05) is 0 Å². The Labute approximate surface area is 262 Å². The summed E-state index contributed by atoms with van der Waals surface area (Å²) in [7, 11) is -8.83. The fourth-order valence-corrected chi connectivity index (χ4v) is 6.62. The number of anilines is 2. The lowest BCUT2D eigenvalue weighted by Crippen LogP contribution is -2.40. The number of aliphatic hydroxyl groups excluding tert-OH is 3. The van der Waals surface area contributed by atoms with Crippen molar-refractivity contribution in [3.63, 3.8) is 0 Å². The van der Waals surface area contributed by atoms with Gasteiger partial charge in [-0.2, -0.15) is 0 Å². The zero-order valence-electron chi connectivity index (χ0n) is 23.9. The number of hydrogen-bond donors (Lipinski definition) is 8. The number of aromatic nitrogens is 8. The van der Waals surface area contributed by atoms with Crippen LogP contribution in [0.25, 0.3) is 22.3 Å². The molecule has 9 atom stereocenters. The molecule has 0 amide bonds. The molecule has 0 aromatic carbocycles. The largest absolute Gasteiger partial charge is 0.472 e. The molecule has 25 heteroatoms. The molecule has 23 nitrogen and oxygen atoms in total. The van der Waals surface area contributed by atoms with Crippen LogP contribution in [0.5, 0.6) is 0 Å². The van der Waals surface area contributed by atoms with Crippen molar-refractivity contribution < 1.29 is 62.2 Å². The van der Waals surface area contributed by atoms with Gasteiger partial charge >= 0.3 is 15.6 Å². The molecule has 47 heavy (non-hydrogen) atoms. The Morgan fingerprint density at radius 3 is 1.94 bits per heavy atom. The molecule has 7 heterocycles. The zero-order valence-corrected chi connectivity index (χ0v) is 25.7. The number of imidazole rings is 2. The summed E-state index contributed by atoms with van der Waals surface area (Å²) in [5, 5.41) is 30.3. The van der Waals surface area contributed by atoms with E-state index < -0.39 is 71.1 Å². The third kappa shape index (κ3) is 7.12. The van der Waals surface area contributed by atoms with Crippen molar-refractivity contribution in [2.75, 3.05) is 24.7 Å². The van der Waals surface area contributed by atoms with Crippen molar-refractivity contribution in [3.05, 3.63) is 25.3 Å². The third-order valence-corrected chi connectivity index (χ3v) is 9.04. The summed E-state index contributed by atoms with van der Waals surface area (Å²) in [4.78, 5) is 50.8. The summed E-state index contributed by atoms with van der Waals surface area (Å²) >= 11 is 0. The van der Waals surface area contributed by atoms with Crippen molar-refractivity contribution in [2.24, 2.45) is 0 Å². The first-order valence-electron chi connectivity index (χ1n) is 13.7. The van der Waals surface area contributed by atoms with Gasteiger partial charge in [0.2, 0.25) is 0 Å². The first kappa shape index (κ1) is 33.6. The maximum absolute atomic E-state index is 11.5. The molecular weight excluding hydrogens is 674 g/mol. The molecule has 0 bridgehead atoms. The van der Waals surface area contributed by atoms with Crippen molar-refractivity contribution in [1.82, 2.24) is 39.0 Å². The molecule has 10 N–H and O–H groups in total. The quantitative estimate of drug-likeness (QED) is 0.0892. The molecule has 3 aliphatic heterocycles. The van der Waals surface area contributed by atoms with Gasteiger partial charge in [0.25, 0.3) is 0 Å². The van der Waals surface area contributed by atoms with Crippen molar-refractivity contribution in [3.8, 4) is 0 Å². The number of phosphoric acid groups is 2. The predicted octanol–water partition coefficient (Wildman–Crippen LogP) is -2.94. The lowest BCUT2D eigenvalue weighted by molar-refractivity contribution is -0.0556. The molecule has 7 rings (SSSR count). The van der Waals surface area contributed by atoms with Crippen LogP contribution >= 0.6 is 15.6 Å². The lowest BCUT2D eigenvalue weighted by atomic mass is 10.1. The van der Waals surface area contributed by atoms with Gasteiger partial charge in [0.1, 0.15) is 72.5 Å². The Morgan fingerprint density at radius 1 is 0.851 bits per heavy atom. The maximum atomic E-state index is 11.5. The summed E-state index contributed by atoms with van der Waals surface area (Å²) in [6.07, 6.45) is -2.28. The smallest absolute Gasteiger partial charge is 0.388 e. The number of nitrogen functional groups attached to an aromatic ring is 2. The number of nitrogens with zero attached hydrogens (tertiary/aromatic N) is 8. The van der Waals surface area contributed by atoms with Crippen LogP contribution in [0.3, 0.4) is 0 Å². The van der Waals surface area contributed by atoms with E-state index in [9.17, 15) is 29.3 Å². The molecule has 4 aromatic heterocycles. The normalized spacial score (nSPS) is 32.4. The van der Waals surface area contributed by atoms with E-state index in [2.05, 4.69) is 34.4 Å². The highest BCUT2D eigenvalue weighted by Gasteiger charge is 2.51. The Morgan fingerprint density at radius 2 is 1.38 bits per heavy atom. The third-order valence-electron chi connectivity index (χ3n) is 7.57. The van der Waals surface area contributed by atoms with Crippen molar-refractivity contribution >= 4 is 49.6 Å². The van der Waals surface area contributed by atoms with Gasteiger partial charge in [-0.3, -0.25) is 13.6 Å². The summed E-state index contributed by atoms with van der Waals surface area (Å²) in [6, 6.07) is 0. The van der Waals surface area contributed by atoms with Crippen LogP contribution in [0.15, 0.2) is 25.3 Å². The molecule has 0 radical (unpaired) electrons. The Balaban J connectivity index is 0.000000164. The summed E-state index contributed by atoms with van der Waals surface area (Å²) in [6.45, 7) is -0.359. The van der Waals surface area contributed by atoms with E-state index in [0.717, 1.165) is 0 Å². The van der Waals surface area contributed by atoms with Gasteiger partial charge in [-0.05, 0) is 0 Å². The number of nitrogens with two attached hydrogens (primary N) is 2. The number of hydrogen-bond acceptors (Lipinski definition) is 18. The molecule has 256 valence electrons. The number of fused-ring (bicyclic) bond motifs is 3. The van der Waals surface area contributed by atoms with E-state index >= 15 is 0 Å². The van der Waals surface area contributed by atoms with E-state index in [1.807, 2.05) is 0 Å². The van der Waals surface area contributed by atoms with E-state index in [1.165, 1.54) is 25.3 Å². The highest BCUT2D eigenvalue weighted by Crippen LogP contribution is 2.51. The van der Waals surface area contributed by atoms with E-state index in [1.54, 1.807) is 9.13 Å². The predicted molar refractivity (Wildman–Crippen MR) is 153 cm³/mol. The second kappa shape index (κ2) is 13.0. The molecule has 4 aromatic rings. The van der Waals surface area contributed by atoms with Crippen molar-refractivity contribution in [1.29, 1.82) is 0 Å². The number of rotatable bonds is 7. The molecule has 0 spiro atoms. The molecule has 3 aliphatic rings. The highest BCUT2D eigenvalue weighted by molar-refractivity contribution is 7.47. The Bertz CT molecular complexity index is 1840. The van der Waals surface area contributed by atoms with E-state index in [-0.39, 0.29) is 31.3 Å². The molecular formula is C22H30N10O13P2.